The van der Waals surface area contributed by atoms with Gasteiger partial charge in [-0.3, -0.25) is 9.35 Å². The Morgan fingerprint density at radius 1 is 1.64 bits per heavy atom. The van der Waals surface area contributed by atoms with Gasteiger partial charge in [-0.2, -0.15) is 8.42 Å². The molecule has 0 fully saturated rings. The van der Waals surface area contributed by atoms with Crippen LogP contribution < -0.4 is 5.73 Å². The Bertz CT molecular complexity index is 236. The number of rotatable bonds is 4. The zero-order valence-electron chi connectivity index (χ0n) is 5.53. The van der Waals surface area contributed by atoms with Gasteiger partial charge in [-0.05, 0) is 0 Å². The molecule has 0 saturated heterocycles. The Kier molecular flexibility index (Phi) is 4.16. The maximum atomic E-state index is 10.7. The number of hydrogen-bond acceptors (Lipinski definition) is 4. The topological polar surface area (TPSA) is 97.5 Å². The number of nitrogens with two attached hydrogens (primary N) is 1. The van der Waals surface area contributed by atoms with Crippen LogP contribution in [0.1, 0.15) is 0 Å². The molecule has 0 aliphatic carbocycles. The number of carbonyl (C=O) groups excluding carboxylic acids is 1. The molecule has 7 heteroatoms. The van der Waals surface area contributed by atoms with Crippen LogP contribution in [0.25, 0.3) is 0 Å². The highest BCUT2D eigenvalue weighted by molar-refractivity contribution is 9.09. The lowest BCUT2D eigenvalue weighted by Gasteiger charge is -2.06. The van der Waals surface area contributed by atoms with Crippen molar-refractivity contribution in [2.75, 3.05) is 11.9 Å². The first-order valence-electron chi connectivity index (χ1n) is 2.68. The van der Waals surface area contributed by atoms with Crippen LogP contribution in [0.3, 0.4) is 0 Å². The third-order valence-electron chi connectivity index (χ3n) is 1.06. The second-order valence-corrected chi connectivity index (χ2v) is 4.00. The van der Waals surface area contributed by atoms with Crippen molar-refractivity contribution in [2.45, 2.75) is 5.25 Å². The average Bonchev–Trinajstić information content (AvgIpc) is 1.86. The van der Waals surface area contributed by atoms with Gasteiger partial charge in [0.15, 0.2) is 11.0 Å². The second kappa shape index (κ2) is 4.15. The van der Waals surface area contributed by atoms with Crippen LogP contribution >= 0.6 is 15.9 Å². The molecule has 0 heterocycles. The van der Waals surface area contributed by atoms with Crippen LogP contribution in [0, 0.1) is 0 Å². The summed E-state index contributed by atoms with van der Waals surface area (Å²) in [4.78, 5) is 10.7. The molecule has 1 unspecified atom stereocenters. The van der Waals surface area contributed by atoms with Gasteiger partial charge >= 0.3 is 0 Å². The van der Waals surface area contributed by atoms with E-state index in [4.69, 9.17) is 10.3 Å². The summed E-state index contributed by atoms with van der Waals surface area (Å²) in [6.07, 6.45) is 0. The van der Waals surface area contributed by atoms with E-state index >= 15 is 0 Å². The molecule has 11 heavy (non-hydrogen) atoms. The van der Waals surface area contributed by atoms with Crippen LogP contribution in [-0.2, 0) is 14.9 Å². The Hall–Kier alpha value is 0.0200. The molecule has 0 amide bonds. The van der Waals surface area contributed by atoms with Crippen LogP contribution in [0.5, 0.6) is 0 Å². The molecule has 0 aromatic carbocycles. The molecule has 3 N–H and O–H groups in total. The van der Waals surface area contributed by atoms with Crippen molar-refractivity contribution >= 4 is 31.8 Å². The van der Waals surface area contributed by atoms with Crippen LogP contribution in [-0.4, -0.2) is 35.9 Å². The minimum atomic E-state index is -4.33. The van der Waals surface area contributed by atoms with Crippen molar-refractivity contribution < 1.29 is 17.8 Å². The lowest BCUT2D eigenvalue weighted by molar-refractivity contribution is -0.116. The Labute approximate surface area is 72.8 Å². The van der Waals surface area contributed by atoms with E-state index in [0.29, 0.717) is 0 Å². The molecule has 1 atom stereocenters. The molecule has 0 radical (unpaired) electrons. The standard InChI is InChI=1S/C4H8BrNO4S/c5-1-3(7)4(2-6)11(8,9)10/h4H,1-2,6H2,(H,8,9,10). The van der Waals surface area contributed by atoms with Crippen molar-refractivity contribution in [1.82, 2.24) is 0 Å². The smallest absolute Gasteiger partial charge is 0.276 e. The van der Waals surface area contributed by atoms with Crippen molar-refractivity contribution in [3.63, 3.8) is 0 Å². The van der Waals surface area contributed by atoms with Gasteiger partial charge in [-0.1, -0.05) is 15.9 Å². The highest BCUT2D eigenvalue weighted by atomic mass is 79.9. The second-order valence-electron chi connectivity index (χ2n) is 1.84. The molecule has 5 nitrogen and oxygen atoms in total. The maximum Gasteiger partial charge on any atom is 0.276 e. The highest BCUT2D eigenvalue weighted by Gasteiger charge is 2.27. The molecule has 0 spiro atoms. The van der Waals surface area contributed by atoms with E-state index in [-0.39, 0.29) is 5.33 Å². The summed E-state index contributed by atoms with van der Waals surface area (Å²) >= 11 is 2.77. The molecule has 0 aliphatic rings. The molecule has 0 bridgehead atoms. The number of halogens is 1. The van der Waals surface area contributed by atoms with E-state index in [0.717, 1.165) is 0 Å². The van der Waals surface area contributed by atoms with E-state index < -0.39 is 27.7 Å². The Morgan fingerprint density at radius 3 is 2.18 bits per heavy atom. The third-order valence-corrected chi connectivity index (χ3v) is 2.79. The third kappa shape index (κ3) is 3.28. The first-order valence-corrected chi connectivity index (χ1v) is 5.31. The number of ketones is 1. The monoisotopic (exact) mass is 245 g/mol. The van der Waals surface area contributed by atoms with Gasteiger partial charge in [0.2, 0.25) is 0 Å². The molecule has 66 valence electrons. The van der Waals surface area contributed by atoms with Crippen LogP contribution in [0.15, 0.2) is 0 Å². The number of hydrogen-bond donors (Lipinski definition) is 2. The zero-order chi connectivity index (χ0) is 9.07. The fourth-order valence-corrected chi connectivity index (χ4v) is 1.77. The van der Waals surface area contributed by atoms with E-state index in [2.05, 4.69) is 15.9 Å². The van der Waals surface area contributed by atoms with E-state index in [9.17, 15) is 13.2 Å². The first-order chi connectivity index (χ1) is 4.93. The van der Waals surface area contributed by atoms with E-state index in [1.807, 2.05) is 0 Å². The summed E-state index contributed by atoms with van der Waals surface area (Å²) in [7, 11) is -4.33. The summed E-state index contributed by atoms with van der Waals surface area (Å²) in [5.74, 6) is -0.644. The predicted octanol–water partition coefficient (Wildman–Crippen LogP) is -0.834. The molecular formula is C4H8BrNO4S. The summed E-state index contributed by atoms with van der Waals surface area (Å²) < 4.78 is 29.2. The molecule has 0 aromatic heterocycles. The fourth-order valence-electron chi connectivity index (χ4n) is 0.505. The SMILES string of the molecule is NCC(C(=O)CBr)S(=O)(=O)O. The minimum absolute atomic E-state index is 0.130. The largest absolute Gasteiger partial charge is 0.329 e. The fraction of sp³-hybridized carbons (Fsp3) is 0.750. The van der Waals surface area contributed by atoms with Gasteiger partial charge < -0.3 is 5.73 Å². The summed E-state index contributed by atoms with van der Waals surface area (Å²) in [6.45, 7) is -0.400. The van der Waals surface area contributed by atoms with E-state index in [1.165, 1.54) is 0 Å². The van der Waals surface area contributed by atoms with Crippen molar-refractivity contribution in [2.24, 2.45) is 5.73 Å². The molecule has 0 saturated carbocycles. The highest BCUT2D eigenvalue weighted by Crippen LogP contribution is 2.00. The Balaban J connectivity index is 4.56. The molecule has 0 aliphatic heterocycles. The molecular weight excluding hydrogens is 238 g/mol. The lowest BCUT2D eigenvalue weighted by Crippen LogP contribution is -2.37. The Morgan fingerprint density at radius 2 is 2.09 bits per heavy atom. The quantitative estimate of drug-likeness (QED) is 0.498. The number of carbonyl (C=O) groups is 1. The van der Waals surface area contributed by atoms with Crippen LogP contribution in [0.2, 0.25) is 0 Å². The lowest BCUT2D eigenvalue weighted by atomic mass is 10.3. The van der Waals surface area contributed by atoms with Gasteiger partial charge in [-0.25, -0.2) is 0 Å². The summed E-state index contributed by atoms with van der Waals surface area (Å²) in [5, 5.41) is -1.63. The van der Waals surface area contributed by atoms with Gasteiger partial charge in [-0.15, -0.1) is 0 Å². The van der Waals surface area contributed by atoms with Gasteiger partial charge in [0.05, 0.1) is 5.33 Å². The van der Waals surface area contributed by atoms with Crippen molar-refractivity contribution in [3.05, 3.63) is 0 Å². The number of Topliss-reactive ketones (excluding diaryl/α,β-unsaturated/α-hetero) is 1. The van der Waals surface area contributed by atoms with Crippen molar-refractivity contribution in [3.8, 4) is 0 Å². The number of alkyl halides is 1. The van der Waals surface area contributed by atoms with E-state index in [1.54, 1.807) is 0 Å². The van der Waals surface area contributed by atoms with Crippen LogP contribution in [0.4, 0.5) is 0 Å². The van der Waals surface area contributed by atoms with Crippen molar-refractivity contribution in [1.29, 1.82) is 0 Å². The summed E-state index contributed by atoms with van der Waals surface area (Å²) in [6, 6.07) is 0. The minimum Gasteiger partial charge on any atom is -0.329 e. The summed E-state index contributed by atoms with van der Waals surface area (Å²) in [5.41, 5.74) is 4.95. The predicted molar refractivity (Wildman–Crippen MR) is 43.2 cm³/mol. The maximum absolute atomic E-state index is 10.7. The average molecular weight is 246 g/mol. The normalized spacial score (nSPS) is 14.5. The first kappa shape index (κ1) is 11.0. The van der Waals surface area contributed by atoms with Gasteiger partial charge in [0.1, 0.15) is 0 Å². The zero-order valence-corrected chi connectivity index (χ0v) is 7.93. The molecule has 0 rings (SSSR count). The van der Waals surface area contributed by atoms with Gasteiger partial charge in [0.25, 0.3) is 10.1 Å². The van der Waals surface area contributed by atoms with Gasteiger partial charge in [0, 0.05) is 6.54 Å². The molecule has 0 aromatic rings.